The van der Waals surface area contributed by atoms with Gasteiger partial charge in [-0.15, -0.1) is 0 Å². The van der Waals surface area contributed by atoms with E-state index in [1.54, 1.807) is 0 Å². The largest absolute Gasteiger partial charge is 0.327 e. The van der Waals surface area contributed by atoms with Gasteiger partial charge in [-0.05, 0) is 22.3 Å². The Morgan fingerprint density at radius 1 is 0.692 bits per heavy atom. The summed E-state index contributed by atoms with van der Waals surface area (Å²) < 4.78 is 0. The molecule has 1 aliphatic heterocycles. The predicted octanol–water partition coefficient (Wildman–Crippen LogP) is 4.60. The molecule has 2 N–H and O–H groups in total. The minimum atomic E-state index is -0.152. The monoisotopic (exact) mass is 338 g/mol. The van der Waals surface area contributed by atoms with Gasteiger partial charge in [-0.2, -0.15) is 0 Å². The van der Waals surface area contributed by atoms with Gasteiger partial charge in [0.15, 0.2) is 0 Å². The lowest BCUT2D eigenvalue weighted by Gasteiger charge is -2.31. The smallest absolute Gasteiger partial charge is 0.320 e. The molecule has 1 aliphatic carbocycles. The molecule has 1 heterocycles. The summed E-state index contributed by atoms with van der Waals surface area (Å²) in [6.07, 6.45) is 0. The maximum Gasteiger partial charge on any atom is 0.320 e. The number of urea groups is 1. The molecule has 2 amide bonds. The van der Waals surface area contributed by atoms with Crippen molar-refractivity contribution in [3.63, 3.8) is 0 Å². The quantitative estimate of drug-likeness (QED) is 0.704. The number of carbonyl (C=O) groups excluding carboxylic acids is 1. The molecule has 2 aliphatic rings. The van der Waals surface area contributed by atoms with E-state index in [1.807, 2.05) is 30.3 Å². The molecule has 5 rings (SSSR count). The average Bonchev–Trinajstić information content (AvgIpc) is 3.03. The van der Waals surface area contributed by atoms with Crippen molar-refractivity contribution >= 4 is 11.7 Å². The van der Waals surface area contributed by atoms with Crippen molar-refractivity contribution in [3.05, 3.63) is 113 Å². The first-order valence-corrected chi connectivity index (χ1v) is 8.83. The summed E-state index contributed by atoms with van der Waals surface area (Å²) in [6.45, 7) is 0. The summed E-state index contributed by atoms with van der Waals surface area (Å²) >= 11 is 0. The van der Waals surface area contributed by atoms with E-state index in [0.29, 0.717) is 0 Å². The molecule has 3 aromatic rings. The van der Waals surface area contributed by atoms with Gasteiger partial charge in [0.05, 0.1) is 11.7 Å². The molecule has 0 saturated carbocycles. The highest BCUT2D eigenvalue weighted by Crippen LogP contribution is 2.50. The van der Waals surface area contributed by atoms with Crippen molar-refractivity contribution in [2.24, 2.45) is 0 Å². The lowest BCUT2D eigenvalue weighted by atomic mass is 9.83. The summed E-state index contributed by atoms with van der Waals surface area (Å²) in [4.78, 5) is 12.4. The normalized spacial score (nSPS) is 20.8. The molecule has 0 bridgehead atoms. The summed E-state index contributed by atoms with van der Waals surface area (Å²) in [5, 5.41) is 6.19. The Kier molecular flexibility index (Phi) is 3.39. The molecule has 0 radical (unpaired) electrons. The Morgan fingerprint density at radius 2 is 1.31 bits per heavy atom. The van der Waals surface area contributed by atoms with Gasteiger partial charge < -0.3 is 10.6 Å². The van der Waals surface area contributed by atoms with Gasteiger partial charge in [0.1, 0.15) is 0 Å². The standard InChI is InChI=1S/C23H18N2O/c26-23-24-21(16-11-5-2-6-12-16)20-19(15-9-3-1-4-10-15)17-13-7-8-14-18(17)22(20)25-23/h1-14,19,21H,(H2,24,25,26). The Labute approximate surface area is 152 Å². The number of hydrogen-bond donors (Lipinski definition) is 2. The van der Waals surface area contributed by atoms with Crippen molar-refractivity contribution in [1.29, 1.82) is 0 Å². The van der Waals surface area contributed by atoms with E-state index in [9.17, 15) is 4.79 Å². The van der Waals surface area contributed by atoms with Gasteiger partial charge in [0, 0.05) is 11.5 Å². The van der Waals surface area contributed by atoms with Crippen molar-refractivity contribution < 1.29 is 4.79 Å². The number of amides is 2. The van der Waals surface area contributed by atoms with Crippen LogP contribution in [0.1, 0.15) is 34.2 Å². The zero-order valence-electron chi connectivity index (χ0n) is 14.1. The zero-order valence-corrected chi connectivity index (χ0v) is 14.1. The topological polar surface area (TPSA) is 41.1 Å². The minimum absolute atomic E-state index is 0.126. The van der Waals surface area contributed by atoms with Crippen LogP contribution in [0, 0.1) is 0 Å². The summed E-state index contributed by atoms with van der Waals surface area (Å²) in [5.41, 5.74) is 6.86. The number of rotatable bonds is 2. The SMILES string of the molecule is O=C1NC2=C(C(c3ccccc3)N1)C(c1ccccc1)c1ccccc12. The van der Waals surface area contributed by atoms with Gasteiger partial charge in [-0.25, -0.2) is 4.79 Å². The first-order valence-electron chi connectivity index (χ1n) is 8.83. The molecule has 3 heteroatoms. The molecule has 2 unspecified atom stereocenters. The van der Waals surface area contributed by atoms with Crippen LogP contribution in [0.5, 0.6) is 0 Å². The number of nitrogens with one attached hydrogen (secondary N) is 2. The molecule has 0 aromatic heterocycles. The molecule has 0 fully saturated rings. The molecule has 0 spiro atoms. The third kappa shape index (κ3) is 2.25. The van der Waals surface area contributed by atoms with E-state index in [1.165, 1.54) is 16.7 Å². The third-order valence-corrected chi connectivity index (χ3v) is 5.23. The van der Waals surface area contributed by atoms with Crippen LogP contribution in [0.3, 0.4) is 0 Å². The Morgan fingerprint density at radius 3 is 2.04 bits per heavy atom. The van der Waals surface area contributed by atoms with E-state index in [4.69, 9.17) is 0 Å². The molecule has 3 nitrogen and oxygen atoms in total. The maximum absolute atomic E-state index is 12.4. The van der Waals surface area contributed by atoms with Crippen molar-refractivity contribution in [2.45, 2.75) is 12.0 Å². The molecule has 0 saturated heterocycles. The van der Waals surface area contributed by atoms with Gasteiger partial charge in [-0.1, -0.05) is 84.9 Å². The Balaban J connectivity index is 1.75. The summed E-state index contributed by atoms with van der Waals surface area (Å²) in [5.74, 6) is 0.126. The first kappa shape index (κ1) is 15.0. The first-order chi connectivity index (χ1) is 12.8. The highest BCUT2D eigenvalue weighted by molar-refractivity contribution is 5.94. The second kappa shape index (κ2) is 5.88. The van der Waals surface area contributed by atoms with Gasteiger partial charge in [0.25, 0.3) is 0 Å². The molecule has 2 atom stereocenters. The lowest BCUT2D eigenvalue weighted by molar-refractivity contribution is 0.240. The maximum atomic E-state index is 12.4. The molecular formula is C23H18N2O. The molecular weight excluding hydrogens is 320 g/mol. The Hall–Kier alpha value is -3.33. The van der Waals surface area contributed by atoms with Crippen molar-refractivity contribution in [3.8, 4) is 0 Å². The lowest BCUT2D eigenvalue weighted by Crippen LogP contribution is -2.43. The fourth-order valence-electron chi connectivity index (χ4n) is 4.17. The number of benzene rings is 3. The van der Waals surface area contributed by atoms with Crippen molar-refractivity contribution in [1.82, 2.24) is 10.6 Å². The number of carbonyl (C=O) groups is 1. The van der Waals surface area contributed by atoms with E-state index in [2.05, 4.69) is 65.2 Å². The highest BCUT2D eigenvalue weighted by atomic mass is 16.2. The second-order valence-corrected chi connectivity index (χ2v) is 6.70. The zero-order chi connectivity index (χ0) is 17.5. The number of fused-ring (bicyclic) bond motifs is 2. The van der Waals surface area contributed by atoms with Gasteiger partial charge in [-0.3, -0.25) is 0 Å². The van der Waals surface area contributed by atoms with E-state index < -0.39 is 0 Å². The minimum Gasteiger partial charge on any atom is -0.327 e. The Bertz CT molecular complexity index is 1010. The second-order valence-electron chi connectivity index (χ2n) is 6.70. The van der Waals surface area contributed by atoms with Crippen molar-refractivity contribution in [2.75, 3.05) is 0 Å². The van der Waals surface area contributed by atoms with Gasteiger partial charge >= 0.3 is 6.03 Å². The summed E-state index contributed by atoms with van der Waals surface area (Å²) in [6, 6.07) is 28.8. The fraction of sp³-hybridized carbons (Fsp3) is 0.0870. The van der Waals surface area contributed by atoms with Gasteiger partial charge in [0.2, 0.25) is 0 Å². The van der Waals surface area contributed by atoms with E-state index in [0.717, 1.165) is 16.8 Å². The average molecular weight is 338 g/mol. The molecule has 3 aromatic carbocycles. The van der Waals surface area contributed by atoms with E-state index >= 15 is 0 Å². The van der Waals surface area contributed by atoms with Crippen LogP contribution in [0.25, 0.3) is 5.70 Å². The van der Waals surface area contributed by atoms with Crippen LogP contribution in [0.15, 0.2) is 90.5 Å². The molecule has 126 valence electrons. The highest BCUT2D eigenvalue weighted by Gasteiger charge is 2.40. The fourth-order valence-corrected chi connectivity index (χ4v) is 4.17. The van der Waals surface area contributed by atoms with Crippen LogP contribution in [-0.2, 0) is 0 Å². The van der Waals surface area contributed by atoms with Crippen LogP contribution < -0.4 is 10.6 Å². The van der Waals surface area contributed by atoms with E-state index in [-0.39, 0.29) is 18.0 Å². The van der Waals surface area contributed by atoms with Crippen LogP contribution in [0.2, 0.25) is 0 Å². The third-order valence-electron chi connectivity index (χ3n) is 5.23. The molecule has 26 heavy (non-hydrogen) atoms. The van der Waals surface area contributed by atoms with Crippen LogP contribution in [0.4, 0.5) is 4.79 Å². The van der Waals surface area contributed by atoms with Crippen LogP contribution in [-0.4, -0.2) is 6.03 Å². The van der Waals surface area contributed by atoms with Crippen LogP contribution >= 0.6 is 0 Å². The predicted molar refractivity (Wildman–Crippen MR) is 102 cm³/mol. The summed E-state index contributed by atoms with van der Waals surface area (Å²) in [7, 11) is 0. The number of hydrogen-bond acceptors (Lipinski definition) is 1.